The van der Waals surface area contributed by atoms with Crippen molar-refractivity contribution in [2.45, 2.75) is 0 Å². The van der Waals surface area contributed by atoms with Gasteiger partial charge in [-0.25, -0.2) is 9.37 Å². The largest absolute Gasteiger partial charge is 0.256 e. The first-order valence-corrected chi connectivity index (χ1v) is 6.53. The number of aromatic nitrogens is 6. The molecule has 0 aliphatic carbocycles. The van der Waals surface area contributed by atoms with Crippen LogP contribution in [0.25, 0.3) is 17.3 Å². The van der Waals surface area contributed by atoms with Crippen molar-refractivity contribution in [1.29, 1.82) is 0 Å². The van der Waals surface area contributed by atoms with Gasteiger partial charge < -0.3 is 0 Å². The minimum atomic E-state index is -0.473. The number of hydrogen-bond acceptors (Lipinski definition) is 5. The predicted octanol–water partition coefficient (Wildman–Crippen LogP) is 2.67. The van der Waals surface area contributed by atoms with E-state index < -0.39 is 5.82 Å². The summed E-state index contributed by atoms with van der Waals surface area (Å²) in [5.74, 6) is -0.189. The lowest BCUT2D eigenvalue weighted by molar-refractivity contribution is 0.623. The third kappa shape index (κ3) is 2.39. The number of benzene rings is 1. The molecule has 0 aliphatic rings. The second-order valence-electron chi connectivity index (χ2n) is 3.67. The molecule has 2 heterocycles. The molecule has 6 nitrogen and oxygen atoms in total. The van der Waals surface area contributed by atoms with Crippen molar-refractivity contribution in [1.82, 2.24) is 29.7 Å². The number of halogens is 3. The molecule has 100 valence electrons. The highest BCUT2D eigenvalue weighted by Gasteiger charge is 2.14. The Hall–Kier alpha value is -1.93. The van der Waals surface area contributed by atoms with E-state index in [0.717, 1.165) is 0 Å². The highest BCUT2D eigenvalue weighted by Crippen LogP contribution is 2.26. The second-order valence-corrected chi connectivity index (χ2v) is 4.86. The van der Waals surface area contributed by atoms with Crippen LogP contribution in [0.15, 0.2) is 35.3 Å². The molecule has 0 radical (unpaired) electrons. The maximum atomic E-state index is 14.1. The van der Waals surface area contributed by atoms with Gasteiger partial charge in [-0.1, -0.05) is 6.07 Å². The Balaban J connectivity index is 2.17. The Morgan fingerprint density at radius 1 is 1.20 bits per heavy atom. The van der Waals surface area contributed by atoms with Crippen LogP contribution in [0, 0.1) is 5.82 Å². The summed E-state index contributed by atoms with van der Waals surface area (Å²) >= 11 is 8.96. The fourth-order valence-electron chi connectivity index (χ4n) is 1.55. The molecular formula is C11H5BrClFN6. The first kappa shape index (κ1) is 13.1. The average molecular weight is 356 g/mol. The molecular weight excluding hydrogens is 351 g/mol. The molecule has 0 bridgehead atoms. The Kier molecular flexibility index (Phi) is 3.41. The van der Waals surface area contributed by atoms with Gasteiger partial charge in [0.2, 0.25) is 5.28 Å². The molecule has 0 aliphatic heterocycles. The lowest BCUT2D eigenvalue weighted by atomic mass is 10.2. The summed E-state index contributed by atoms with van der Waals surface area (Å²) in [5.41, 5.74) is 0.213. The normalized spacial score (nSPS) is 10.8. The van der Waals surface area contributed by atoms with Gasteiger partial charge >= 0.3 is 0 Å². The van der Waals surface area contributed by atoms with Crippen molar-refractivity contribution < 1.29 is 4.39 Å². The van der Waals surface area contributed by atoms with E-state index in [1.54, 1.807) is 18.2 Å². The summed E-state index contributed by atoms with van der Waals surface area (Å²) in [6.07, 6.45) is 2.74. The minimum absolute atomic E-state index is 0.0557. The fraction of sp³-hybridized carbons (Fsp3) is 0. The molecule has 0 atom stereocenters. The molecule has 0 amide bonds. The molecule has 0 saturated carbocycles. The SMILES string of the molecule is Fc1c(Br)cccc1-c1nc(Cl)nc(-n2cncn2)n1. The highest BCUT2D eigenvalue weighted by atomic mass is 79.9. The van der Waals surface area contributed by atoms with E-state index >= 15 is 0 Å². The number of hydrogen-bond donors (Lipinski definition) is 0. The predicted molar refractivity (Wildman–Crippen MR) is 72.8 cm³/mol. The second kappa shape index (κ2) is 5.22. The molecule has 9 heteroatoms. The van der Waals surface area contributed by atoms with E-state index in [-0.39, 0.29) is 22.6 Å². The van der Waals surface area contributed by atoms with Crippen LogP contribution in [-0.4, -0.2) is 29.7 Å². The Morgan fingerprint density at radius 3 is 2.80 bits per heavy atom. The summed E-state index contributed by atoms with van der Waals surface area (Å²) < 4.78 is 15.7. The molecule has 0 unspecified atom stereocenters. The lowest BCUT2D eigenvalue weighted by Gasteiger charge is -2.05. The average Bonchev–Trinajstić information content (AvgIpc) is 2.95. The lowest BCUT2D eigenvalue weighted by Crippen LogP contribution is -2.05. The van der Waals surface area contributed by atoms with Crippen molar-refractivity contribution in [3.63, 3.8) is 0 Å². The molecule has 0 saturated heterocycles. The zero-order chi connectivity index (χ0) is 14.1. The van der Waals surface area contributed by atoms with Crippen molar-refractivity contribution in [2.24, 2.45) is 0 Å². The smallest absolute Gasteiger partial charge is 0.223 e. The van der Waals surface area contributed by atoms with Gasteiger partial charge in [-0.15, -0.1) is 0 Å². The number of nitrogens with zero attached hydrogens (tertiary/aromatic N) is 6. The summed E-state index contributed by atoms with van der Waals surface area (Å²) in [4.78, 5) is 15.8. The van der Waals surface area contributed by atoms with Crippen LogP contribution < -0.4 is 0 Å². The van der Waals surface area contributed by atoms with Crippen LogP contribution in [0.3, 0.4) is 0 Å². The van der Waals surface area contributed by atoms with E-state index in [1.165, 1.54) is 17.3 Å². The molecule has 1 aromatic carbocycles. The van der Waals surface area contributed by atoms with Crippen LogP contribution in [0.1, 0.15) is 0 Å². The van der Waals surface area contributed by atoms with Crippen molar-refractivity contribution in [2.75, 3.05) is 0 Å². The zero-order valence-corrected chi connectivity index (χ0v) is 12.0. The van der Waals surface area contributed by atoms with Crippen LogP contribution in [0.5, 0.6) is 0 Å². The van der Waals surface area contributed by atoms with Crippen LogP contribution in [-0.2, 0) is 0 Å². The fourth-order valence-corrected chi connectivity index (χ4v) is 2.07. The molecule has 20 heavy (non-hydrogen) atoms. The molecule has 0 N–H and O–H groups in total. The zero-order valence-electron chi connectivity index (χ0n) is 9.70. The first-order valence-electron chi connectivity index (χ1n) is 5.36. The standard InChI is InChI=1S/C11H5BrClFN6/c12-7-3-1-2-6(8(7)14)9-17-10(13)19-11(18-9)20-5-15-4-16-20/h1-5H. The van der Waals surface area contributed by atoms with Gasteiger partial charge in [0.15, 0.2) is 5.82 Å². The van der Waals surface area contributed by atoms with E-state index in [4.69, 9.17) is 11.6 Å². The molecule has 2 aromatic heterocycles. The van der Waals surface area contributed by atoms with Crippen molar-refractivity contribution in [3.05, 3.63) is 46.4 Å². The van der Waals surface area contributed by atoms with Gasteiger partial charge in [0, 0.05) is 0 Å². The van der Waals surface area contributed by atoms with Crippen molar-refractivity contribution in [3.8, 4) is 17.3 Å². The highest BCUT2D eigenvalue weighted by molar-refractivity contribution is 9.10. The van der Waals surface area contributed by atoms with Crippen LogP contribution in [0.2, 0.25) is 5.28 Å². The molecule has 0 spiro atoms. The van der Waals surface area contributed by atoms with Gasteiger partial charge in [0.05, 0.1) is 10.0 Å². The van der Waals surface area contributed by atoms with Crippen LogP contribution in [0.4, 0.5) is 4.39 Å². The first-order chi connectivity index (χ1) is 9.65. The number of rotatable bonds is 2. The van der Waals surface area contributed by atoms with E-state index in [1.807, 2.05) is 0 Å². The topological polar surface area (TPSA) is 69.4 Å². The summed E-state index contributed by atoms with van der Waals surface area (Å²) in [5, 5.41) is 3.84. The maximum absolute atomic E-state index is 14.1. The Bertz CT molecular complexity index is 764. The quantitative estimate of drug-likeness (QED) is 0.707. The minimum Gasteiger partial charge on any atom is -0.223 e. The molecule has 0 fully saturated rings. The van der Waals surface area contributed by atoms with Crippen molar-refractivity contribution >= 4 is 27.5 Å². The summed E-state index contributed by atoms with van der Waals surface area (Å²) in [7, 11) is 0. The van der Waals surface area contributed by atoms with E-state index in [2.05, 4.69) is 41.0 Å². The van der Waals surface area contributed by atoms with Gasteiger partial charge in [-0.3, -0.25) is 0 Å². The van der Waals surface area contributed by atoms with E-state index in [0.29, 0.717) is 4.47 Å². The van der Waals surface area contributed by atoms with Gasteiger partial charge in [-0.2, -0.15) is 24.7 Å². The van der Waals surface area contributed by atoms with Gasteiger partial charge in [0.25, 0.3) is 5.95 Å². The van der Waals surface area contributed by atoms with Crippen LogP contribution >= 0.6 is 27.5 Å². The Morgan fingerprint density at radius 2 is 2.05 bits per heavy atom. The summed E-state index contributed by atoms with van der Waals surface area (Å²) in [6, 6.07) is 4.81. The molecule has 3 rings (SSSR count). The molecule has 3 aromatic rings. The third-order valence-corrected chi connectivity index (χ3v) is 3.19. The third-order valence-electron chi connectivity index (χ3n) is 2.41. The maximum Gasteiger partial charge on any atom is 0.256 e. The van der Waals surface area contributed by atoms with Gasteiger partial charge in [0.1, 0.15) is 18.5 Å². The van der Waals surface area contributed by atoms with E-state index in [9.17, 15) is 4.39 Å². The monoisotopic (exact) mass is 354 g/mol. The summed E-state index contributed by atoms with van der Waals surface area (Å²) in [6.45, 7) is 0. The van der Waals surface area contributed by atoms with Gasteiger partial charge in [-0.05, 0) is 39.7 Å². The Labute approximate surface area is 125 Å².